The molecule has 0 aromatic heterocycles. The number of hydrogen-bond donors (Lipinski definition) is 2. The zero-order chi connectivity index (χ0) is 11.5. The molecule has 0 saturated carbocycles. The van der Waals surface area contributed by atoms with Crippen LogP contribution in [0.1, 0.15) is 5.56 Å². The van der Waals surface area contributed by atoms with Gasteiger partial charge in [-0.25, -0.2) is 5.14 Å². The van der Waals surface area contributed by atoms with Crippen molar-refractivity contribution < 1.29 is 13.2 Å². The highest BCUT2D eigenvalue weighted by molar-refractivity contribution is 7.90. The van der Waals surface area contributed by atoms with E-state index in [-0.39, 0.29) is 11.3 Å². The number of anilines is 1. The topological polar surface area (TPSA) is 105 Å². The summed E-state index contributed by atoms with van der Waals surface area (Å²) in [4.78, 5) is 0. The average Bonchev–Trinajstić information content (AvgIpc) is 2.15. The third kappa shape index (κ3) is 3.12. The molecule has 0 amide bonds. The van der Waals surface area contributed by atoms with E-state index in [9.17, 15) is 8.42 Å². The molecule has 0 unspecified atom stereocenters. The SMILES string of the molecule is COc1ccc(C#N)c(NS(N)(=O)=O)c1. The third-order valence-corrected chi connectivity index (χ3v) is 2.10. The summed E-state index contributed by atoms with van der Waals surface area (Å²) < 4.78 is 28.5. The van der Waals surface area contributed by atoms with E-state index < -0.39 is 10.2 Å². The van der Waals surface area contributed by atoms with Crippen molar-refractivity contribution in [3.05, 3.63) is 23.8 Å². The van der Waals surface area contributed by atoms with Gasteiger partial charge in [-0.2, -0.15) is 13.7 Å². The molecule has 0 aliphatic heterocycles. The van der Waals surface area contributed by atoms with Gasteiger partial charge in [0.15, 0.2) is 0 Å². The van der Waals surface area contributed by atoms with Gasteiger partial charge >= 0.3 is 0 Å². The number of benzene rings is 1. The van der Waals surface area contributed by atoms with E-state index >= 15 is 0 Å². The van der Waals surface area contributed by atoms with E-state index in [1.54, 1.807) is 6.07 Å². The van der Waals surface area contributed by atoms with Crippen LogP contribution in [-0.2, 0) is 10.2 Å². The Morgan fingerprint density at radius 1 is 1.53 bits per heavy atom. The van der Waals surface area contributed by atoms with Crippen LogP contribution in [0.2, 0.25) is 0 Å². The van der Waals surface area contributed by atoms with Crippen LogP contribution in [0.15, 0.2) is 18.2 Å². The van der Waals surface area contributed by atoms with Crippen LogP contribution in [0.25, 0.3) is 0 Å². The van der Waals surface area contributed by atoms with Gasteiger partial charge in [0.05, 0.1) is 18.4 Å². The molecule has 0 saturated heterocycles. The highest BCUT2D eigenvalue weighted by atomic mass is 32.2. The molecular weight excluding hydrogens is 218 g/mol. The lowest BCUT2D eigenvalue weighted by Gasteiger charge is -2.07. The van der Waals surface area contributed by atoms with Gasteiger partial charge < -0.3 is 4.74 Å². The lowest BCUT2D eigenvalue weighted by Crippen LogP contribution is -2.22. The number of nitrogens with one attached hydrogen (secondary N) is 1. The molecule has 0 radical (unpaired) electrons. The van der Waals surface area contributed by atoms with Gasteiger partial charge in [-0.05, 0) is 12.1 Å². The molecule has 1 aromatic carbocycles. The smallest absolute Gasteiger partial charge is 0.296 e. The first-order chi connectivity index (χ1) is 6.96. The van der Waals surface area contributed by atoms with Crippen molar-refractivity contribution in [1.82, 2.24) is 0 Å². The maximum absolute atomic E-state index is 10.8. The summed E-state index contributed by atoms with van der Waals surface area (Å²) in [5.41, 5.74) is 0.268. The Morgan fingerprint density at radius 3 is 2.67 bits per heavy atom. The standard InChI is InChI=1S/C8H9N3O3S/c1-14-7-3-2-6(5-9)8(4-7)11-15(10,12)13/h2-4,11H,1H3,(H2,10,12,13). The minimum Gasteiger partial charge on any atom is -0.497 e. The molecule has 1 aromatic rings. The molecule has 0 spiro atoms. The highest BCUT2D eigenvalue weighted by Gasteiger charge is 2.08. The van der Waals surface area contributed by atoms with Crippen LogP contribution in [-0.4, -0.2) is 15.5 Å². The number of rotatable bonds is 3. The van der Waals surface area contributed by atoms with Crippen LogP contribution >= 0.6 is 0 Å². The van der Waals surface area contributed by atoms with Gasteiger partial charge in [0.25, 0.3) is 10.2 Å². The Morgan fingerprint density at radius 2 is 2.20 bits per heavy atom. The molecule has 0 aliphatic rings. The highest BCUT2D eigenvalue weighted by Crippen LogP contribution is 2.22. The monoisotopic (exact) mass is 227 g/mol. The number of nitriles is 1. The molecule has 0 fully saturated rings. The zero-order valence-electron chi connectivity index (χ0n) is 7.89. The summed E-state index contributed by atoms with van der Waals surface area (Å²) in [5.74, 6) is 0.431. The van der Waals surface area contributed by atoms with Crippen LogP contribution in [0.3, 0.4) is 0 Å². The van der Waals surface area contributed by atoms with E-state index in [4.69, 9.17) is 15.1 Å². The van der Waals surface area contributed by atoms with Gasteiger partial charge in [0.1, 0.15) is 11.8 Å². The van der Waals surface area contributed by atoms with Crippen molar-refractivity contribution in [2.45, 2.75) is 0 Å². The Hall–Kier alpha value is -1.78. The fraction of sp³-hybridized carbons (Fsp3) is 0.125. The van der Waals surface area contributed by atoms with Crippen molar-refractivity contribution in [3.8, 4) is 11.8 Å². The molecular formula is C8H9N3O3S. The normalized spacial score (nSPS) is 10.5. The first-order valence-electron chi connectivity index (χ1n) is 3.85. The van der Waals surface area contributed by atoms with E-state index in [2.05, 4.69) is 0 Å². The summed E-state index contributed by atoms with van der Waals surface area (Å²) >= 11 is 0. The van der Waals surface area contributed by atoms with Gasteiger partial charge in [-0.3, -0.25) is 4.72 Å². The molecule has 7 heteroatoms. The molecule has 3 N–H and O–H groups in total. The summed E-state index contributed by atoms with van der Waals surface area (Å²) in [6, 6.07) is 6.19. The lowest BCUT2D eigenvalue weighted by molar-refractivity contribution is 0.415. The number of nitrogens with two attached hydrogens (primary N) is 1. The van der Waals surface area contributed by atoms with E-state index in [0.717, 1.165) is 0 Å². The maximum Gasteiger partial charge on any atom is 0.296 e. The minimum atomic E-state index is -3.89. The molecule has 15 heavy (non-hydrogen) atoms. The van der Waals surface area contributed by atoms with E-state index in [1.807, 2.05) is 10.8 Å². The minimum absolute atomic E-state index is 0.0966. The number of methoxy groups -OCH3 is 1. The quantitative estimate of drug-likeness (QED) is 0.768. The Bertz CT molecular complexity index is 504. The maximum atomic E-state index is 10.8. The van der Waals surface area contributed by atoms with Crippen molar-refractivity contribution in [2.24, 2.45) is 5.14 Å². The lowest BCUT2D eigenvalue weighted by atomic mass is 10.2. The molecule has 0 bridgehead atoms. The van der Waals surface area contributed by atoms with E-state index in [0.29, 0.717) is 5.75 Å². The summed E-state index contributed by atoms with van der Waals surface area (Å²) in [6.45, 7) is 0. The van der Waals surface area contributed by atoms with Gasteiger partial charge in [-0.1, -0.05) is 0 Å². The van der Waals surface area contributed by atoms with Crippen molar-refractivity contribution in [1.29, 1.82) is 5.26 Å². The second-order valence-electron chi connectivity index (χ2n) is 2.67. The van der Waals surface area contributed by atoms with Gasteiger partial charge in [-0.15, -0.1) is 0 Å². The Balaban J connectivity index is 3.20. The molecule has 0 aliphatic carbocycles. The Labute approximate surface area is 87.5 Å². The van der Waals surface area contributed by atoms with Crippen LogP contribution in [0.5, 0.6) is 5.75 Å². The zero-order valence-corrected chi connectivity index (χ0v) is 8.71. The first-order valence-corrected chi connectivity index (χ1v) is 5.39. The Kier molecular flexibility index (Phi) is 3.14. The predicted molar refractivity (Wildman–Crippen MR) is 54.4 cm³/mol. The fourth-order valence-corrected chi connectivity index (χ4v) is 1.46. The van der Waals surface area contributed by atoms with Crippen molar-refractivity contribution >= 4 is 15.9 Å². The van der Waals surface area contributed by atoms with Crippen LogP contribution < -0.4 is 14.6 Å². The van der Waals surface area contributed by atoms with E-state index in [1.165, 1.54) is 19.2 Å². The number of hydrogen-bond acceptors (Lipinski definition) is 4. The first kappa shape index (κ1) is 11.3. The number of nitrogens with zero attached hydrogens (tertiary/aromatic N) is 1. The summed E-state index contributed by atoms with van der Waals surface area (Å²) in [6.07, 6.45) is 0. The molecule has 0 heterocycles. The largest absolute Gasteiger partial charge is 0.497 e. The molecule has 1 rings (SSSR count). The predicted octanol–water partition coefficient (Wildman–Crippen LogP) is 0.182. The van der Waals surface area contributed by atoms with Gasteiger partial charge in [0.2, 0.25) is 0 Å². The average molecular weight is 227 g/mol. The number of ether oxygens (including phenoxy) is 1. The molecule has 80 valence electrons. The van der Waals surface area contributed by atoms with Gasteiger partial charge in [0, 0.05) is 6.07 Å². The molecule has 6 nitrogen and oxygen atoms in total. The summed E-state index contributed by atoms with van der Waals surface area (Å²) in [7, 11) is -2.46. The van der Waals surface area contributed by atoms with Crippen LogP contribution in [0, 0.1) is 11.3 Å². The van der Waals surface area contributed by atoms with Crippen molar-refractivity contribution in [2.75, 3.05) is 11.8 Å². The second kappa shape index (κ2) is 4.16. The third-order valence-electron chi connectivity index (χ3n) is 1.60. The summed E-state index contributed by atoms with van der Waals surface area (Å²) in [5, 5.41) is 13.5. The van der Waals surface area contributed by atoms with Crippen LogP contribution in [0.4, 0.5) is 5.69 Å². The fourth-order valence-electron chi connectivity index (χ4n) is 0.986. The van der Waals surface area contributed by atoms with Crippen molar-refractivity contribution in [3.63, 3.8) is 0 Å². The molecule has 0 atom stereocenters. The second-order valence-corrected chi connectivity index (χ2v) is 3.96.